The normalized spacial score (nSPS) is 20.8. The van der Waals surface area contributed by atoms with Crippen molar-refractivity contribution >= 4 is 44.6 Å². The van der Waals surface area contributed by atoms with Crippen LogP contribution in [0, 0.1) is 5.82 Å². The molecule has 12 heteroatoms. The maximum atomic E-state index is 13.4. The summed E-state index contributed by atoms with van der Waals surface area (Å²) < 4.78 is 81.5. The third-order valence-corrected chi connectivity index (χ3v) is 10.2. The summed E-state index contributed by atoms with van der Waals surface area (Å²) in [6.45, 7) is 1.28. The minimum absolute atomic E-state index is 0.104. The zero-order valence-electron chi connectivity index (χ0n) is 20.4. The van der Waals surface area contributed by atoms with Crippen LogP contribution in [0.4, 0.5) is 23.2 Å². The number of allylic oxidation sites excluding steroid dienone is 4. The van der Waals surface area contributed by atoms with E-state index in [9.17, 15) is 31.1 Å². The van der Waals surface area contributed by atoms with Crippen LogP contribution >= 0.6 is 24.0 Å². The van der Waals surface area contributed by atoms with E-state index in [0.717, 1.165) is 4.90 Å². The summed E-state index contributed by atoms with van der Waals surface area (Å²) in [4.78, 5) is 3.19. The molecule has 1 N–H and O–H groups in total. The fourth-order valence-corrected chi connectivity index (χ4v) is 7.35. The van der Waals surface area contributed by atoms with Crippen LogP contribution in [0.5, 0.6) is 0 Å². The molecule has 1 fully saturated rings. The van der Waals surface area contributed by atoms with Crippen LogP contribution in [0.2, 0.25) is 0 Å². The number of nitrogens with zero attached hydrogens (tertiary/aromatic N) is 2. The quantitative estimate of drug-likeness (QED) is 0.266. The van der Waals surface area contributed by atoms with E-state index >= 15 is 0 Å². The fraction of sp³-hybridized carbons (Fsp3) is 0.346. The number of hydrogen-bond acceptors (Lipinski definition) is 6. The lowest BCUT2D eigenvalue weighted by atomic mass is 9.95. The molecule has 1 aliphatic carbocycles. The van der Waals surface area contributed by atoms with Crippen LogP contribution in [-0.2, 0) is 15.6 Å². The lowest BCUT2D eigenvalue weighted by molar-refractivity contribution is -0.258. The molecule has 204 valence electrons. The highest BCUT2D eigenvalue weighted by Gasteiger charge is 2.51. The minimum atomic E-state index is -4.84. The third kappa shape index (κ3) is 5.99. The molecule has 2 aromatic rings. The summed E-state index contributed by atoms with van der Waals surface area (Å²) in [5, 5.41) is 10.0. The molecule has 5 nitrogen and oxygen atoms in total. The second-order valence-corrected chi connectivity index (χ2v) is 12.7. The van der Waals surface area contributed by atoms with Crippen molar-refractivity contribution in [2.75, 3.05) is 30.3 Å². The Morgan fingerprint density at radius 3 is 2.34 bits per heavy atom. The van der Waals surface area contributed by atoms with E-state index in [0.29, 0.717) is 36.2 Å². The van der Waals surface area contributed by atoms with Crippen molar-refractivity contribution in [3.8, 4) is 0 Å². The molecule has 2 aromatic carbocycles. The largest absolute Gasteiger partial charge is 0.421 e. The van der Waals surface area contributed by atoms with Gasteiger partial charge in [0.15, 0.2) is 5.60 Å². The Labute approximate surface area is 228 Å². The Bertz CT molecular complexity index is 1340. The van der Waals surface area contributed by atoms with Crippen molar-refractivity contribution in [2.45, 2.75) is 36.1 Å². The summed E-state index contributed by atoms with van der Waals surface area (Å²) in [7, 11) is -3.85. The number of piperazine rings is 1. The molecule has 1 saturated heterocycles. The Balaban J connectivity index is 1.60. The number of benzene rings is 2. The van der Waals surface area contributed by atoms with E-state index in [1.165, 1.54) is 58.5 Å². The van der Waals surface area contributed by atoms with Gasteiger partial charge < -0.3 is 10.0 Å². The van der Waals surface area contributed by atoms with Crippen molar-refractivity contribution in [3.05, 3.63) is 83.0 Å². The second-order valence-electron chi connectivity index (χ2n) is 9.18. The van der Waals surface area contributed by atoms with Crippen LogP contribution in [0.3, 0.4) is 0 Å². The topological polar surface area (TPSA) is 60.9 Å². The van der Waals surface area contributed by atoms with E-state index in [2.05, 4.69) is 0 Å². The van der Waals surface area contributed by atoms with Crippen LogP contribution in [0.1, 0.15) is 18.9 Å². The molecule has 0 aromatic heterocycles. The highest BCUT2D eigenvalue weighted by Crippen LogP contribution is 2.39. The predicted molar refractivity (Wildman–Crippen MR) is 145 cm³/mol. The molecule has 0 bridgehead atoms. The molecular formula is C26H26F4N2O3S3. The van der Waals surface area contributed by atoms with Gasteiger partial charge in [-0.1, -0.05) is 36.5 Å². The monoisotopic (exact) mass is 586 g/mol. The Morgan fingerprint density at radius 2 is 1.74 bits per heavy atom. The Hall–Kier alpha value is -2.25. The summed E-state index contributed by atoms with van der Waals surface area (Å²) >= 11 is 6.72. The zero-order chi connectivity index (χ0) is 27.7. The first-order valence-corrected chi connectivity index (χ1v) is 14.6. The van der Waals surface area contributed by atoms with Gasteiger partial charge in [-0.3, -0.25) is 0 Å². The van der Waals surface area contributed by atoms with Gasteiger partial charge >= 0.3 is 6.18 Å². The molecular weight excluding hydrogens is 560 g/mol. The first-order valence-electron chi connectivity index (χ1n) is 11.8. The van der Waals surface area contributed by atoms with Gasteiger partial charge in [0.25, 0.3) is 0 Å². The Morgan fingerprint density at radius 1 is 1.08 bits per heavy atom. The zero-order valence-corrected chi connectivity index (χ0v) is 22.8. The van der Waals surface area contributed by atoms with Gasteiger partial charge in [-0.15, -0.1) is 11.8 Å². The summed E-state index contributed by atoms with van der Waals surface area (Å²) in [6, 6.07) is 11.1. The second kappa shape index (κ2) is 11.1. The van der Waals surface area contributed by atoms with Crippen LogP contribution < -0.4 is 4.90 Å². The number of thiocarbonyl (C=S) groups is 1. The van der Waals surface area contributed by atoms with Gasteiger partial charge in [-0.05, 0) is 55.0 Å². The maximum absolute atomic E-state index is 13.4. The van der Waals surface area contributed by atoms with Gasteiger partial charge in [0.05, 0.1) is 10.9 Å². The number of sulfonamides is 1. The highest BCUT2D eigenvalue weighted by molar-refractivity contribution is 7.99. The van der Waals surface area contributed by atoms with Crippen molar-refractivity contribution < 1.29 is 31.1 Å². The number of anilines is 1. The van der Waals surface area contributed by atoms with Crippen LogP contribution in [-0.4, -0.2) is 60.3 Å². The first kappa shape index (κ1) is 28.8. The molecule has 38 heavy (non-hydrogen) atoms. The minimum Gasteiger partial charge on any atom is -0.376 e. The molecule has 0 saturated carbocycles. The highest BCUT2D eigenvalue weighted by atomic mass is 32.2. The van der Waals surface area contributed by atoms with Gasteiger partial charge in [0.2, 0.25) is 10.0 Å². The number of rotatable bonds is 7. The third-order valence-electron chi connectivity index (χ3n) is 6.59. The molecule has 0 radical (unpaired) electrons. The smallest absolute Gasteiger partial charge is 0.376 e. The van der Waals surface area contributed by atoms with Crippen LogP contribution in [0.25, 0.3) is 0 Å². The Kier molecular flexibility index (Phi) is 8.39. The molecule has 1 aliphatic heterocycles. The van der Waals surface area contributed by atoms with E-state index in [1.54, 1.807) is 24.3 Å². The van der Waals surface area contributed by atoms with E-state index in [-0.39, 0.29) is 35.4 Å². The molecule has 4 rings (SSSR count). The predicted octanol–water partition coefficient (Wildman–Crippen LogP) is 5.42. The maximum Gasteiger partial charge on any atom is 0.421 e. The van der Waals surface area contributed by atoms with Gasteiger partial charge in [0, 0.05) is 47.3 Å². The van der Waals surface area contributed by atoms with Crippen LogP contribution in [0.15, 0.2) is 76.6 Å². The van der Waals surface area contributed by atoms with Gasteiger partial charge in [-0.25, -0.2) is 12.8 Å². The van der Waals surface area contributed by atoms with Gasteiger partial charge in [-0.2, -0.15) is 17.5 Å². The molecule has 0 amide bonds. The molecule has 0 unspecified atom stereocenters. The standard InChI is InChI=1S/C26H26F4N2O3S3/c1-25(33,26(28,29)30)18-6-10-20(11-7-18)32-15-14-31(38(34,35)24-5-3-2-4-23(24)36)16-21(32)17-37-22-12-8-19(27)9-13-22/h2-3,5-13,21,33H,4,14-17H2,1H3/t21-,25+/m1/s1. The number of aliphatic hydroxyl groups is 1. The lowest BCUT2D eigenvalue weighted by Gasteiger charge is -2.42. The summed E-state index contributed by atoms with van der Waals surface area (Å²) in [5.41, 5.74) is -2.70. The van der Waals surface area contributed by atoms with Crippen molar-refractivity contribution in [1.82, 2.24) is 4.31 Å². The SMILES string of the molecule is C[C@](O)(c1ccc(N2CCN(S(=O)(=O)C3=CC=CCC3=S)C[C@@H]2CSc2ccc(F)cc2)cc1)C(F)(F)F. The first-order chi connectivity index (χ1) is 17.8. The molecule has 0 spiro atoms. The number of halogens is 4. The fourth-order valence-electron chi connectivity index (χ4n) is 4.28. The number of thioether (sulfide) groups is 1. The lowest BCUT2D eigenvalue weighted by Crippen LogP contribution is -2.56. The van der Waals surface area contributed by atoms with Crippen molar-refractivity contribution in [2.24, 2.45) is 0 Å². The van der Waals surface area contributed by atoms with E-state index < -0.39 is 21.8 Å². The molecule has 2 aliphatic rings. The summed E-state index contributed by atoms with van der Waals surface area (Å²) in [6.07, 6.45) is 0.491. The van der Waals surface area contributed by atoms with Crippen molar-refractivity contribution in [3.63, 3.8) is 0 Å². The van der Waals surface area contributed by atoms with Gasteiger partial charge in [0.1, 0.15) is 5.82 Å². The number of hydrogen-bond donors (Lipinski definition) is 1. The number of alkyl halides is 3. The average molecular weight is 587 g/mol. The molecule has 1 heterocycles. The average Bonchev–Trinajstić information content (AvgIpc) is 2.88. The van der Waals surface area contributed by atoms with E-state index in [1.807, 2.05) is 4.90 Å². The molecule has 2 atom stereocenters. The summed E-state index contributed by atoms with van der Waals surface area (Å²) in [5.74, 6) is 0.0646. The van der Waals surface area contributed by atoms with E-state index in [4.69, 9.17) is 12.2 Å². The van der Waals surface area contributed by atoms with Crippen molar-refractivity contribution in [1.29, 1.82) is 0 Å².